The first-order valence-corrected chi connectivity index (χ1v) is 5.91. The zero-order chi connectivity index (χ0) is 13.3. The number of rotatable bonds is 3. The van der Waals surface area contributed by atoms with Crippen LogP contribution >= 0.6 is 0 Å². The molecule has 1 aromatic rings. The number of methoxy groups -OCH3 is 1. The third-order valence-corrected chi connectivity index (χ3v) is 3.22. The van der Waals surface area contributed by atoms with Crippen molar-refractivity contribution >= 4 is 11.9 Å². The molecular formula is C14H17NO3. The van der Waals surface area contributed by atoms with E-state index in [-0.39, 0.29) is 11.9 Å². The number of nitrogens with zero attached hydrogens (tertiary/aromatic N) is 1. The summed E-state index contributed by atoms with van der Waals surface area (Å²) in [6, 6.07) is 7.54. The van der Waals surface area contributed by atoms with E-state index in [2.05, 4.69) is 0 Å². The first-order valence-electron chi connectivity index (χ1n) is 5.91. The molecule has 0 aliphatic carbocycles. The van der Waals surface area contributed by atoms with Gasteiger partial charge in [0.2, 0.25) is 0 Å². The Morgan fingerprint density at radius 3 is 2.67 bits per heavy atom. The molecular weight excluding hydrogens is 230 g/mol. The maximum Gasteiger partial charge on any atom is 0.313 e. The molecule has 18 heavy (non-hydrogen) atoms. The lowest BCUT2D eigenvalue weighted by atomic mass is 9.93. The molecule has 0 bridgehead atoms. The van der Waals surface area contributed by atoms with E-state index in [0.717, 1.165) is 11.1 Å². The Balaban J connectivity index is 2.15. The third kappa shape index (κ3) is 2.10. The molecule has 1 aliphatic rings. The first-order chi connectivity index (χ1) is 8.45. The molecule has 4 nitrogen and oxygen atoms in total. The van der Waals surface area contributed by atoms with Crippen LogP contribution < -0.4 is 0 Å². The highest BCUT2D eigenvalue weighted by molar-refractivity contribution is 5.98. The molecule has 0 saturated carbocycles. The summed E-state index contributed by atoms with van der Waals surface area (Å²) in [4.78, 5) is 25.5. The van der Waals surface area contributed by atoms with Gasteiger partial charge in [-0.3, -0.25) is 9.59 Å². The fourth-order valence-corrected chi connectivity index (χ4v) is 2.26. The lowest BCUT2D eigenvalue weighted by Gasteiger charge is -2.27. The molecule has 2 rings (SSSR count). The van der Waals surface area contributed by atoms with Gasteiger partial charge in [0.05, 0.1) is 12.5 Å². The Labute approximate surface area is 107 Å². The topological polar surface area (TPSA) is 46.6 Å². The van der Waals surface area contributed by atoms with Crippen molar-refractivity contribution in [2.75, 3.05) is 13.7 Å². The number of amides is 1. The molecule has 0 fully saturated rings. The second-order valence-electron chi connectivity index (χ2n) is 5.19. The number of hydrogen-bond donors (Lipinski definition) is 0. The molecule has 4 heteroatoms. The summed E-state index contributed by atoms with van der Waals surface area (Å²) in [5.41, 5.74) is 1.06. The van der Waals surface area contributed by atoms with Crippen molar-refractivity contribution < 1.29 is 14.3 Å². The van der Waals surface area contributed by atoms with E-state index in [1.807, 2.05) is 24.3 Å². The predicted octanol–water partition coefficient (Wildman–Crippen LogP) is 1.84. The normalized spacial score (nSPS) is 14.6. The molecule has 0 radical (unpaired) electrons. The van der Waals surface area contributed by atoms with Crippen molar-refractivity contribution in [3.05, 3.63) is 35.4 Å². The summed E-state index contributed by atoms with van der Waals surface area (Å²) in [6.07, 6.45) is 0. The Hall–Kier alpha value is -1.84. The fourth-order valence-electron chi connectivity index (χ4n) is 2.26. The smallest absolute Gasteiger partial charge is 0.313 e. The van der Waals surface area contributed by atoms with Gasteiger partial charge in [0.1, 0.15) is 0 Å². The largest absolute Gasteiger partial charge is 0.469 e. The summed E-state index contributed by atoms with van der Waals surface area (Å²) in [5.74, 6) is -0.311. The van der Waals surface area contributed by atoms with Crippen LogP contribution in [0.15, 0.2) is 24.3 Å². The van der Waals surface area contributed by atoms with Gasteiger partial charge in [0, 0.05) is 18.7 Å². The second-order valence-corrected chi connectivity index (χ2v) is 5.19. The van der Waals surface area contributed by atoms with E-state index in [4.69, 9.17) is 4.74 Å². The number of hydrogen-bond acceptors (Lipinski definition) is 3. The van der Waals surface area contributed by atoms with Gasteiger partial charge < -0.3 is 9.64 Å². The second kappa shape index (κ2) is 4.44. The fraction of sp³-hybridized carbons (Fsp3) is 0.429. The van der Waals surface area contributed by atoms with Gasteiger partial charge in [-0.05, 0) is 25.5 Å². The quantitative estimate of drug-likeness (QED) is 0.766. The number of carbonyl (C=O) groups is 2. The van der Waals surface area contributed by atoms with Crippen molar-refractivity contribution in [1.82, 2.24) is 4.90 Å². The minimum atomic E-state index is -0.688. The van der Waals surface area contributed by atoms with E-state index in [1.165, 1.54) is 7.11 Å². The summed E-state index contributed by atoms with van der Waals surface area (Å²) >= 11 is 0. The van der Waals surface area contributed by atoms with Crippen molar-refractivity contribution in [2.24, 2.45) is 5.41 Å². The summed E-state index contributed by atoms with van der Waals surface area (Å²) in [7, 11) is 1.37. The van der Waals surface area contributed by atoms with Gasteiger partial charge in [0.25, 0.3) is 5.91 Å². The van der Waals surface area contributed by atoms with Crippen LogP contribution in [0.4, 0.5) is 0 Å². The number of ether oxygens (including phenoxy) is 1. The van der Waals surface area contributed by atoms with Crippen LogP contribution in [-0.2, 0) is 16.1 Å². The SMILES string of the molecule is COC(=O)C(C)(C)CN1Cc2ccccc2C1=O. The van der Waals surface area contributed by atoms with Gasteiger partial charge in [-0.15, -0.1) is 0 Å². The number of benzene rings is 1. The minimum Gasteiger partial charge on any atom is -0.469 e. The van der Waals surface area contributed by atoms with E-state index >= 15 is 0 Å². The van der Waals surface area contributed by atoms with Crippen LogP contribution in [0.1, 0.15) is 29.8 Å². The van der Waals surface area contributed by atoms with Crippen LogP contribution in [-0.4, -0.2) is 30.4 Å². The van der Waals surface area contributed by atoms with Crippen LogP contribution in [0.5, 0.6) is 0 Å². The van der Waals surface area contributed by atoms with Crippen molar-refractivity contribution in [2.45, 2.75) is 20.4 Å². The Morgan fingerprint density at radius 2 is 2.06 bits per heavy atom. The van der Waals surface area contributed by atoms with Gasteiger partial charge in [-0.25, -0.2) is 0 Å². The molecule has 0 unspecified atom stereocenters. The Kier molecular flexibility index (Phi) is 3.11. The molecule has 1 aliphatic heterocycles. The number of fused-ring (bicyclic) bond motifs is 1. The van der Waals surface area contributed by atoms with Crippen molar-refractivity contribution in [3.8, 4) is 0 Å². The first kappa shape index (κ1) is 12.6. The molecule has 1 heterocycles. The lowest BCUT2D eigenvalue weighted by Crippen LogP contribution is -2.40. The molecule has 0 spiro atoms. The summed E-state index contributed by atoms with van der Waals surface area (Å²) in [5, 5.41) is 0. The predicted molar refractivity (Wildman–Crippen MR) is 67.0 cm³/mol. The molecule has 0 aromatic heterocycles. The van der Waals surface area contributed by atoms with E-state index in [1.54, 1.807) is 18.7 Å². The Morgan fingerprint density at radius 1 is 1.39 bits per heavy atom. The highest BCUT2D eigenvalue weighted by Crippen LogP contribution is 2.27. The monoisotopic (exact) mass is 247 g/mol. The molecule has 0 atom stereocenters. The van der Waals surface area contributed by atoms with E-state index in [0.29, 0.717) is 13.1 Å². The van der Waals surface area contributed by atoms with Gasteiger partial charge in [-0.2, -0.15) is 0 Å². The molecule has 0 saturated heterocycles. The van der Waals surface area contributed by atoms with Crippen LogP contribution in [0.3, 0.4) is 0 Å². The van der Waals surface area contributed by atoms with E-state index in [9.17, 15) is 9.59 Å². The van der Waals surface area contributed by atoms with E-state index < -0.39 is 5.41 Å². The Bertz CT molecular complexity index is 494. The lowest BCUT2D eigenvalue weighted by molar-refractivity contribution is -0.151. The number of esters is 1. The average molecular weight is 247 g/mol. The van der Waals surface area contributed by atoms with Gasteiger partial charge in [-0.1, -0.05) is 18.2 Å². The molecule has 0 N–H and O–H groups in total. The molecule has 1 amide bonds. The zero-order valence-corrected chi connectivity index (χ0v) is 10.9. The summed E-state index contributed by atoms with van der Waals surface area (Å²) < 4.78 is 4.76. The standard InChI is InChI=1S/C14H17NO3/c1-14(2,13(17)18-3)9-15-8-10-6-4-5-7-11(10)12(15)16/h4-7H,8-9H2,1-3H3. The van der Waals surface area contributed by atoms with Crippen LogP contribution in [0.25, 0.3) is 0 Å². The highest BCUT2D eigenvalue weighted by Gasteiger charge is 2.36. The minimum absolute atomic E-state index is 0.0115. The average Bonchev–Trinajstić information content (AvgIpc) is 2.65. The third-order valence-electron chi connectivity index (χ3n) is 3.22. The van der Waals surface area contributed by atoms with Crippen molar-refractivity contribution in [1.29, 1.82) is 0 Å². The zero-order valence-electron chi connectivity index (χ0n) is 10.9. The maximum atomic E-state index is 12.2. The molecule has 96 valence electrons. The molecule has 1 aromatic carbocycles. The van der Waals surface area contributed by atoms with Gasteiger partial charge in [0.15, 0.2) is 0 Å². The van der Waals surface area contributed by atoms with Crippen LogP contribution in [0.2, 0.25) is 0 Å². The maximum absolute atomic E-state index is 12.2. The summed E-state index contributed by atoms with van der Waals surface area (Å²) in [6.45, 7) is 4.51. The highest BCUT2D eigenvalue weighted by atomic mass is 16.5. The number of carbonyl (C=O) groups excluding carboxylic acids is 2. The van der Waals surface area contributed by atoms with Crippen molar-refractivity contribution in [3.63, 3.8) is 0 Å². The van der Waals surface area contributed by atoms with Gasteiger partial charge >= 0.3 is 5.97 Å². The van der Waals surface area contributed by atoms with Crippen LogP contribution in [0, 0.1) is 5.41 Å².